The first-order valence-corrected chi connectivity index (χ1v) is 13.0. The SMILES string of the molecule is [2H]c1c([2H])c([2H])c2c(-c3ccc4oc5ccc(-c6ccccc6)cc5c4c3)c3ccccc3c(-c3ccccc3)c2c1[2H]. The van der Waals surface area contributed by atoms with Gasteiger partial charge in [0.2, 0.25) is 0 Å². The van der Waals surface area contributed by atoms with E-state index in [9.17, 15) is 0 Å². The molecule has 1 aromatic heterocycles. The summed E-state index contributed by atoms with van der Waals surface area (Å²) < 4.78 is 41.6. The molecule has 0 aliphatic heterocycles. The number of benzene rings is 7. The molecule has 0 aliphatic carbocycles. The zero-order valence-corrected chi connectivity index (χ0v) is 21.0. The highest BCUT2D eigenvalue weighted by atomic mass is 16.3. The highest BCUT2D eigenvalue weighted by Crippen LogP contribution is 2.44. The van der Waals surface area contributed by atoms with Crippen molar-refractivity contribution < 1.29 is 9.90 Å². The van der Waals surface area contributed by atoms with Gasteiger partial charge < -0.3 is 4.42 Å². The van der Waals surface area contributed by atoms with Crippen molar-refractivity contribution in [2.45, 2.75) is 0 Å². The topological polar surface area (TPSA) is 13.1 Å². The van der Waals surface area contributed by atoms with Gasteiger partial charge in [-0.3, -0.25) is 0 Å². The zero-order chi connectivity index (χ0) is 29.2. The van der Waals surface area contributed by atoms with Crippen molar-refractivity contribution in [2.24, 2.45) is 0 Å². The summed E-state index contributed by atoms with van der Waals surface area (Å²) in [5.74, 6) is 0. The number of fused-ring (bicyclic) bond motifs is 5. The molecule has 0 radical (unpaired) electrons. The normalized spacial score (nSPS) is 13.0. The van der Waals surface area contributed by atoms with Crippen LogP contribution in [0.3, 0.4) is 0 Å². The Morgan fingerprint density at radius 3 is 1.49 bits per heavy atom. The maximum Gasteiger partial charge on any atom is 0.135 e. The third kappa shape index (κ3) is 3.48. The summed E-state index contributed by atoms with van der Waals surface area (Å²) in [6.07, 6.45) is 0. The Labute approximate surface area is 232 Å². The minimum Gasteiger partial charge on any atom is -0.456 e. The molecule has 0 aliphatic rings. The Kier molecular flexibility index (Phi) is 4.06. The Hall–Kier alpha value is -5.14. The van der Waals surface area contributed by atoms with Crippen LogP contribution in [0, 0.1) is 0 Å². The van der Waals surface area contributed by atoms with Crippen molar-refractivity contribution in [2.75, 3.05) is 0 Å². The molecule has 0 saturated carbocycles. The van der Waals surface area contributed by atoms with Crippen molar-refractivity contribution in [3.8, 4) is 33.4 Å². The highest BCUT2D eigenvalue weighted by molar-refractivity contribution is 6.22. The Bertz CT molecular complexity index is 2370. The van der Waals surface area contributed by atoms with Gasteiger partial charge in [0.05, 0.1) is 5.48 Å². The summed E-state index contributed by atoms with van der Waals surface area (Å²) in [7, 11) is 0. The molecule has 39 heavy (non-hydrogen) atoms. The fourth-order valence-corrected chi connectivity index (χ4v) is 5.82. The lowest BCUT2D eigenvalue weighted by Crippen LogP contribution is -1.90. The summed E-state index contributed by atoms with van der Waals surface area (Å²) in [5.41, 5.74) is 7.15. The van der Waals surface area contributed by atoms with Crippen LogP contribution in [0.15, 0.2) is 150 Å². The van der Waals surface area contributed by atoms with Crippen LogP contribution in [-0.2, 0) is 0 Å². The quantitative estimate of drug-likeness (QED) is 0.220. The highest BCUT2D eigenvalue weighted by Gasteiger charge is 2.17. The van der Waals surface area contributed by atoms with Crippen molar-refractivity contribution in [3.05, 3.63) is 145 Å². The molecule has 7 aromatic carbocycles. The average Bonchev–Trinajstić information content (AvgIpc) is 3.43. The Morgan fingerprint density at radius 1 is 0.385 bits per heavy atom. The van der Waals surface area contributed by atoms with E-state index in [0.29, 0.717) is 10.8 Å². The molecule has 0 amide bonds. The van der Waals surface area contributed by atoms with Gasteiger partial charge in [0, 0.05) is 10.8 Å². The van der Waals surface area contributed by atoms with Gasteiger partial charge in [0.25, 0.3) is 0 Å². The van der Waals surface area contributed by atoms with Crippen LogP contribution >= 0.6 is 0 Å². The van der Waals surface area contributed by atoms with E-state index >= 15 is 0 Å². The van der Waals surface area contributed by atoms with Crippen LogP contribution < -0.4 is 0 Å². The third-order valence-electron chi connectivity index (χ3n) is 7.58. The first-order valence-electron chi connectivity index (χ1n) is 15.0. The van der Waals surface area contributed by atoms with Gasteiger partial charge in [-0.1, -0.05) is 121 Å². The smallest absolute Gasteiger partial charge is 0.135 e. The summed E-state index contributed by atoms with van der Waals surface area (Å²) in [6, 6.07) is 39.9. The van der Waals surface area contributed by atoms with E-state index in [2.05, 4.69) is 30.3 Å². The van der Waals surface area contributed by atoms with E-state index < -0.39 is 0 Å². The lowest BCUT2D eigenvalue weighted by atomic mass is 9.86. The predicted molar refractivity (Wildman–Crippen MR) is 165 cm³/mol. The second-order valence-corrected chi connectivity index (χ2v) is 9.80. The largest absolute Gasteiger partial charge is 0.456 e. The minimum atomic E-state index is -0.240. The fraction of sp³-hybridized carbons (Fsp3) is 0. The van der Waals surface area contributed by atoms with E-state index in [4.69, 9.17) is 9.90 Å². The van der Waals surface area contributed by atoms with Crippen molar-refractivity contribution >= 4 is 43.5 Å². The second-order valence-electron chi connectivity index (χ2n) is 9.80. The Balaban J connectivity index is 1.50. The monoisotopic (exact) mass is 500 g/mol. The molecular formula is C38H24O. The first-order chi connectivity index (χ1) is 21.0. The molecule has 0 fully saturated rings. The fourth-order valence-electron chi connectivity index (χ4n) is 5.82. The van der Waals surface area contributed by atoms with Crippen molar-refractivity contribution in [1.29, 1.82) is 0 Å². The maximum absolute atomic E-state index is 9.13. The van der Waals surface area contributed by atoms with Crippen LogP contribution in [0.5, 0.6) is 0 Å². The zero-order valence-electron chi connectivity index (χ0n) is 25.0. The van der Waals surface area contributed by atoms with Crippen molar-refractivity contribution in [3.63, 3.8) is 0 Å². The maximum atomic E-state index is 9.13. The molecule has 0 atom stereocenters. The van der Waals surface area contributed by atoms with Gasteiger partial charge >= 0.3 is 0 Å². The van der Waals surface area contributed by atoms with Crippen LogP contribution in [0.25, 0.3) is 76.9 Å². The van der Waals surface area contributed by atoms with E-state index in [-0.39, 0.29) is 24.2 Å². The summed E-state index contributed by atoms with van der Waals surface area (Å²) in [6.45, 7) is 0. The van der Waals surface area contributed by atoms with Gasteiger partial charge in [-0.15, -0.1) is 0 Å². The van der Waals surface area contributed by atoms with Crippen LogP contribution in [0.2, 0.25) is 0 Å². The standard InChI is InChI=1S/C38H24O/c1-3-11-25(12-4-1)27-19-21-35-33(23-27)34-24-28(20-22-36(34)39-35)38-31-17-9-7-15-29(31)37(26-13-5-2-6-14-26)30-16-8-10-18-32(30)38/h1-24H/i7D,9D,15D,17D. The molecule has 1 heterocycles. The summed E-state index contributed by atoms with van der Waals surface area (Å²) >= 11 is 0. The molecule has 1 heteroatoms. The van der Waals surface area contributed by atoms with Gasteiger partial charge in [-0.25, -0.2) is 0 Å². The van der Waals surface area contributed by atoms with E-state index in [1.54, 1.807) is 0 Å². The summed E-state index contributed by atoms with van der Waals surface area (Å²) in [4.78, 5) is 0. The first kappa shape index (κ1) is 18.2. The lowest BCUT2D eigenvalue weighted by molar-refractivity contribution is 0.669. The van der Waals surface area contributed by atoms with Crippen LogP contribution in [0.1, 0.15) is 5.48 Å². The molecule has 0 unspecified atom stereocenters. The molecular weight excluding hydrogens is 472 g/mol. The van der Waals surface area contributed by atoms with E-state index in [1.807, 2.05) is 91.0 Å². The van der Waals surface area contributed by atoms with Crippen LogP contribution in [0.4, 0.5) is 0 Å². The number of hydrogen-bond donors (Lipinski definition) is 0. The average molecular weight is 501 g/mol. The van der Waals surface area contributed by atoms with E-state index in [1.165, 1.54) is 0 Å². The molecule has 0 saturated heterocycles. The molecule has 8 rings (SSSR count). The molecule has 1 nitrogen and oxygen atoms in total. The Morgan fingerprint density at radius 2 is 0.872 bits per heavy atom. The van der Waals surface area contributed by atoms with Gasteiger partial charge in [0.1, 0.15) is 11.2 Å². The summed E-state index contributed by atoms with van der Waals surface area (Å²) in [5, 5.41) is 4.85. The molecule has 0 N–H and O–H groups in total. The number of rotatable bonds is 3. The third-order valence-corrected chi connectivity index (χ3v) is 7.58. The molecule has 182 valence electrons. The lowest BCUT2D eigenvalue weighted by Gasteiger charge is -2.17. The second kappa shape index (κ2) is 8.72. The number of furan rings is 1. The van der Waals surface area contributed by atoms with Crippen molar-refractivity contribution in [1.82, 2.24) is 0 Å². The molecule has 0 spiro atoms. The van der Waals surface area contributed by atoms with E-state index in [0.717, 1.165) is 66.1 Å². The predicted octanol–water partition coefficient (Wildman–Crippen LogP) is 10.9. The van der Waals surface area contributed by atoms with Gasteiger partial charge in [-0.05, 0) is 79.2 Å². The van der Waals surface area contributed by atoms with Gasteiger partial charge in [0.15, 0.2) is 0 Å². The van der Waals surface area contributed by atoms with Crippen LogP contribution in [-0.4, -0.2) is 0 Å². The minimum absolute atomic E-state index is 0.0378. The number of hydrogen-bond acceptors (Lipinski definition) is 1. The molecule has 0 bridgehead atoms. The molecule has 8 aromatic rings. The van der Waals surface area contributed by atoms with Gasteiger partial charge in [-0.2, -0.15) is 0 Å².